The van der Waals surface area contributed by atoms with Crippen molar-refractivity contribution >= 4 is 27.6 Å². The quantitative estimate of drug-likeness (QED) is 0.853. The minimum atomic E-state index is -3.92. The van der Waals surface area contributed by atoms with Crippen molar-refractivity contribution in [3.05, 3.63) is 65.7 Å². The fraction of sp³-hybridized carbons (Fsp3) is 0.200. The van der Waals surface area contributed by atoms with E-state index in [0.717, 1.165) is 17.4 Å². The topological polar surface area (TPSA) is 91.8 Å². The van der Waals surface area contributed by atoms with Crippen LogP contribution in [0.5, 0.6) is 0 Å². The number of carboxylic acid groups (broad SMARTS) is 1. The van der Waals surface area contributed by atoms with Crippen molar-refractivity contribution in [2.24, 2.45) is 0 Å². The van der Waals surface area contributed by atoms with Crippen LogP contribution in [0.4, 0.5) is 5.69 Å². The molecule has 6 nitrogen and oxygen atoms in total. The number of hydrogen-bond donors (Lipinski definition) is 1. The molecule has 0 aliphatic heterocycles. The molecule has 0 aromatic heterocycles. The smallest absolute Gasteiger partial charge is 0.332 e. The molecular weight excluding hydrogens is 366 g/mol. The Kier molecular flexibility index (Phi) is 5.14. The molecule has 2 aromatic carbocycles. The van der Waals surface area contributed by atoms with Crippen molar-refractivity contribution in [1.29, 1.82) is 0 Å². The molecule has 0 saturated carbocycles. The molecule has 140 valence electrons. The van der Waals surface area contributed by atoms with Crippen molar-refractivity contribution < 1.29 is 23.1 Å². The number of carbonyl (C=O) groups excluding carboxylic acids is 1. The normalized spacial score (nSPS) is 14.3. The molecule has 0 spiro atoms. The second-order valence-electron chi connectivity index (χ2n) is 6.36. The van der Waals surface area contributed by atoms with E-state index in [1.54, 1.807) is 24.3 Å². The van der Waals surface area contributed by atoms with Gasteiger partial charge in [-0.05, 0) is 42.5 Å². The predicted molar refractivity (Wildman–Crippen MR) is 103 cm³/mol. The highest BCUT2D eigenvalue weighted by Gasteiger charge is 2.33. The molecule has 0 bridgehead atoms. The molecule has 0 heterocycles. The molecule has 0 unspecified atom stereocenters. The van der Waals surface area contributed by atoms with Crippen LogP contribution >= 0.6 is 0 Å². The van der Waals surface area contributed by atoms with E-state index in [9.17, 15) is 23.1 Å². The minimum Gasteiger partial charge on any atom is -0.478 e. The molecule has 1 aliphatic rings. The van der Waals surface area contributed by atoms with E-state index in [-0.39, 0.29) is 29.7 Å². The third-order valence-corrected chi connectivity index (χ3v) is 5.50. The second kappa shape index (κ2) is 7.36. The SMILES string of the molecule is CS(=O)(=O)N(C(=O)C1=C(C(=O)O)CCC1)c1ccc(-c2ccccc2)cc1. The zero-order valence-corrected chi connectivity index (χ0v) is 15.6. The van der Waals surface area contributed by atoms with Crippen LogP contribution in [0.3, 0.4) is 0 Å². The lowest BCUT2D eigenvalue weighted by atomic mass is 10.1. The van der Waals surface area contributed by atoms with Gasteiger partial charge in [0.25, 0.3) is 5.91 Å². The first-order valence-corrected chi connectivity index (χ1v) is 10.3. The van der Waals surface area contributed by atoms with E-state index in [0.29, 0.717) is 10.7 Å². The van der Waals surface area contributed by atoms with Crippen molar-refractivity contribution in [1.82, 2.24) is 0 Å². The Bertz CT molecular complexity index is 1010. The van der Waals surface area contributed by atoms with Crippen LogP contribution in [0.2, 0.25) is 0 Å². The zero-order chi connectivity index (χ0) is 19.6. The Labute approximate surface area is 157 Å². The second-order valence-corrected chi connectivity index (χ2v) is 8.19. The van der Waals surface area contributed by atoms with E-state index in [1.807, 2.05) is 30.3 Å². The van der Waals surface area contributed by atoms with Crippen LogP contribution < -0.4 is 4.31 Å². The Morgan fingerprint density at radius 2 is 1.44 bits per heavy atom. The lowest BCUT2D eigenvalue weighted by Gasteiger charge is -2.21. The molecule has 0 radical (unpaired) electrons. The molecule has 2 aromatic rings. The number of anilines is 1. The largest absolute Gasteiger partial charge is 0.478 e. The number of amides is 1. The summed E-state index contributed by atoms with van der Waals surface area (Å²) in [6, 6.07) is 16.1. The predicted octanol–water partition coefficient (Wildman–Crippen LogP) is 3.21. The van der Waals surface area contributed by atoms with Crippen molar-refractivity contribution in [2.45, 2.75) is 19.3 Å². The maximum atomic E-state index is 12.9. The number of nitrogens with zero attached hydrogens (tertiary/aromatic N) is 1. The lowest BCUT2D eigenvalue weighted by Crippen LogP contribution is -2.37. The van der Waals surface area contributed by atoms with Gasteiger partial charge in [-0.3, -0.25) is 4.79 Å². The van der Waals surface area contributed by atoms with E-state index in [4.69, 9.17) is 0 Å². The molecule has 1 N–H and O–H groups in total. The highest BCUT2D eigenvalue weighted by molar-refractivity contribution is 7.92. The van der Waals surface area contributed by atoms with E-state index >= 15 is 0 Å². The third kappa shape index (κ3) is 3.93. The van der Waals surface area contributed by atoms with Gasteiger partial charge in [-0.25, -0.2) is 17.5 Å². The standard InChI is InChI=1S/C20H19NO5S/c1-27(25,26)21(19(22)17-8-5-9-18(17)20(23)24)16-12-10-15(11-13-16)14-6-3-2-4-7-14/h2-4,6-7,10-13H,5,8-9H2,1H3,(H,23,24). The molecule has 3 rings (SSSR count). The fourth-order valence-electron chi connectivity index (χ4n) is 3.22. The number of carboxylic acids is 1. The average Bonchev–Trinajstić information content (AvgIpc) is 3.12. The molecule has 1 amide bonds. The first-order valence-electron chi connectivity index (χ1n) is 8.44. The summed E-state index contributed by atoms with van der Waals surface area (Å²) in [5.74, 6) is -1.97. The number of rotatable bonds is 5. The van der Waals surface area contributed by atoms with Gasteiger partial charge < -0.3 is 5.11 Å². The van der Waals surface area contributed by atoms with Gasteiger partial charge in [0.15, 0.2) is 0 Å². The fourth-order valence-corrected chi connectivity index (χ4v) is 4.13. The summed E-state index contributed by atoms with van der Waals surface area (Å²) < 4.78 is 25.3. The summed E-state index contributed by atoms with van der Waals surface area (Å²) in [6.45, 7) is 0. The summed E-state index contributed by atoms with van der Waals surface area (Å²) in [5.41, 5.74) is 2.08. The van der Waals surface area contributed by atoms with Crippen LogP contribution in [-0.4, -0.2) is 31.7 Å². The lowest BCUT2D eigenvalue weighted by molar-refractivity contribution is -0.133. The average molecular weight is 385 g/mol. The summed E-state index contributed by atoms with van der Waals surface area (Å²) in [4.78, 5) is 24.2. The summed E-state index contributed by atoms with van der Waals surface area (Å²) in [7, 11) is -3.92. The van der Waals surface area contributed by atoms with Gasteiger partial charge >= 0.3 is 5.97 Å². The third-order valence-electron chi connectivity index (χ3n) is 4.46. The van der Waals surface area contributed by atoms with Gasteiger partial charge in [0.2, 0.25) is 10.0 Å². The van der Waals surface area contributed by atoms with Crippen LogP contribution in [-0.2, 0) is 19.6 Å². The van der Waals surface area contributed by atoms with Crippen LogP contribution in [0.25, 0.3) is 11.1 Å². The molecule has 1 aliphatic carbocycles. The Balaban J connectivity index is 2.01. The van der Waals surface area contributed by atoms with Gasteiger partial charge in [0.1, 0.15) is 0 Å². The number of aliphatic carboxylic acids is 1. The molecule has 7 heteroatoms. The van der Waals surface area contributed by atoms with E-state index < -0.39 is 21.9 Å². The van der Waals surface area contributed by atoms with Gasteiger partial charge in [0.05, 0.1) is 11.9 Å². The summed E-state index contributed by atoms with van der Waals surface area (Å²) in [5, 5.41) is 9.27. The van der Waals surface area contributed by atoms with Gasteiger partial charge in [0, 0.05) is 11.1 Å². The van der Waals surface area contributed by atoms with Gasteiger partial charge in [-0.15, -0.1) is 0 Å². The highest BCUT2D eigenvalue weighted by Crippen LogP contribution is 2.31. The molecule has 0 atom stereocenters. The number of sulfonamides is 1. The minimum absolute atomic E-state index is 0.00504. The van der Waals surface area contributed by atoms with Gasteiger partial charge in [-0.2, -0.15) is 0 Å². The van der Waals surface area contributed by atoms with Crippen molar-refractivity contribution in [3.63, 3.8) is 0 Å². The number of carbonyl (C=O) groups is 2. The zero-order valence-electron chi connectivity index (χ0n) is 14.8. The highest BCUT2D eigenvalue weighted by atomic mass is 32.2. The van der Waals surface area contributed by atoms with Crippen molar-refractivity contribution in [2.75, 3.05) is 10.6 Å². The van der Waals surface area contributed by atoms with E-state index in [1.165, 1.54) is 0 Å². The Hall–Kier alpha value is -2.93. The van der Waals surface area contributed by atoms with Crippen LogP contribution in [0, 0.1) is 0 Å². The van der Waals surface area contributed by atoms with Crippen LogP contribution in [0.15, 0.2) is 65.7 Å². The summed E-state index contributed by atoms with van der Waals surface area (Å²) >= 11 is 0. The molecule has 0 fully saturated rings. The van der Waals surface area contributed by atoms with Crippen LogP contribution in [0.1, 0.15) is 19.3 Å². The Morgan fingerprint density at radius 3 is 2.00 bits per heavy atom. The van der Waals surface area contributed by atoms with E-state index in [2.05, 4.69) is 0 Å². The molecule has 27 heavy (non-hydrogen) atoms. The maximum Gasteiger partial charge on any atom is 0.332 e. The number of benzene rings is 2. The summed E-state index contributed by atoms with van der Waals surface area (Å²) in [6.07, 6.45) is 1.98. The monoisotopic (exact) mass is 385 g/mol. The maximum absolute atomic E-state index is 12.9. The Morgan fingerprint density at radius 1 is 0.889 bits per heavy atom. The number of hydrogen-bond acceptors (Lipinski definition) is 4. The molecular formula is C20H19NO5S. The van der Waals surface area contributed by atoms with Crippen molar-refractivity contribution in [3.8, 4) is 11.1 Å². The molecule has 0 saturated heterocycles. The van der Waals surface area contributed by atoms with Gasteiger partial charge in [-0.1, -0.05) is 42.5 Å². The first-order chi connectivity index (χ1) is 12.8. The first kappa shape index (κ1) is 18.8.